The highest BCUT2D eigenvalue weighted by Crippen LogP contribution is 2.19. The number of imidazole rings is 1. The van der Waals surface area contributed by atoms with Crippen molar-refractivity contribution in [2.24, 2.45) is 0 Å². The van der Waals surface area contributed by atoms with Crippen molar-refractivity contribution in [3.8, 4) is 0 Å². The summed E-state index contributed by atoms with van der Waals surface area (Å²) < 4.78 is 2.44. The molecule has 0 fully saturated rings. The second kappa shape index (κ2) is 13.7. The van der Waals surface area contributed by atoms with Crippen LogP contribution in [0.5, 0.6) is 0 Å². The molecule has 1 aromatic heterocycles. The molecule has 4 nitrogen and oxygen atoms in total. The van der Waals surface area contributed by atoms with E-state index in [4.69, 9.17) is 4.98 Å². The number of aryl methyl sites for hydroxylation is 2. The fraction of sp³-hybridized carbons (Fsp3) is 0.500. The lowest BCUT2D eigenvalue weighted by Crippen LogP contribution is -2.26. The highest BCUT2D eigenvalue weighted by molar-refractivity contribution is 5.78. The number of benzene rings is 2. The van der Waals surface area contributed by atoms with Gasteiger partial charge in [0.15, 0.2) is 0 Å². The number of amides is 1. The fourth-order valence-electron chi connectivity index (χ4n) is 4.27. The third kappa shape index (κ3) is 7.81. The molecule has 1 N–H and O–H groups in total. The molecular formula is C28H39N3O. The summed E-state index contributed by atoms with van der Waals surface area (Å²) in [5.74, 6) is 1.32. The zero-order valence-electron chi connectivity index (χ0n) is 19.7. The minimum Gasteiger partial charge on any atom is -0.356 e. The van der Waals surface area contributed by atoms with Crippen molar-refractivity contribution in [3.05, 3.63) is 66.0 Å². The largest absolute Gasteiger partial charge is 0.356 e. The number of carbonyl (C=O) groups is 1. The molecule has 0 aliphatic rings. The van der Waals surface area contributed by atoms with Crippen LogP contribution in [0.2, 0.25) is 0 Å². The van der Waals surface area contributed by atoms with Crippen LogP contribution in [0.1, 0.15) is 76.1 Å². The number of hydrogen-bond donors (Lipinski definition) is 1. The molecule has 3 aromatic rings. The topological polar surface area (TPSA) is 46.9 Å². The summed E-state index contributed by atoms with van der Waals surface area (Å²) in [7, 11) is 0. The van der Waals surface area contributed by atoms with Crippen LogP contribution >= 0.6 is 0 Å². The van der Waals surface area contributed by atoms with Gasteiger partial charge >= 0.3 is 0 Å². The number of rotatable bonds is 15. The molecule has 0 bridgehead atoms. The van der Waals surface area contributed by atoms with E-state index >= 15 is 0 Å². The van der Waals surface area contributed by atoms with Crippen molar-refractivity contribution in [2.45, 2.75) is 84.1 Å². The van der Waals surface area contributed by atoms with E-state index in [-0.39, 0.29) is 5.91 Å². The van der Waals surface area contributed by atoms with Gasteiger partial charge in [0, 0.05) is 19.5 Å². The molecule has 32 heavy (non-hydrogen) atoms. The molecule has 1 heterocycles. The molecule has 0 aliphatic carbocycles. The standard InChI is InChI=1S/C28H39N3O/c1-2-3-4-5-6-15-22-31-26-19-13-12-18-25(26)30-27(31)20-11-8-14-21-29-28(32)23-24-16-9-7-10-17-24/h7,9-10,12-13,16-19H,2-6,8,11,14-15,20-23H2,1H3,(H,29,32). The van der Waals surface area contributed by atoms with E-state index in [1.54, 1.807) is 0 Å². The first-order valence-electron chi connectivity index (χ1n) is 12.5. The van der Waals surface area contributed by atoms with E-state index in [0.29, 0.717) is 6.42 Å². The number of carbonyl (C=O) groups excluding carboxylic acids is 1. The van der Waals surface area contributed by atoms with Gasteiger partial charge in [0.25, 0.3) is 0 Å². The molecule has 3 rings (SSSR count). The maximum Gasteiger partial charge on any atom is 0.224 e. The van der Waals surface area contributed by atoms with Crippen molar-refractivity contribution in [1.82, 2.24) is 14.9 Å². The minimum atomic E-state index is 0.108. The van der Waals surface area contributed by atoms with Gasteiger partial charge in [0.1, 0.15) is 5.82 Å². The summed E-state index contributed by atoms with van der Waals surface area (Å²) in [6.45, 7) is 4.08. The number of fused-ring (bicyclic) bond motifs is 1. The Labute approximate surface area is 193 Å². The van der Waals surface area contributed by atoms with E-state index in [1.807, 2.05) is 30.3 Å². The maximum atomic E-state index is 12.1. The predicted octanol–water partition coefficient (Wildman–Crippen LogP) is 6.47. The van der Waals surface area contributed by atoms with E-state index in [0.717, 1.165) is 49.9 Å². The summed E-state index contributed by atoms with van der Waals surface area (Å²) in [5.41, 5.74) is 3.44. The average Bonchev–Trinajstić information content (AvgIpc) is 3.16. The average molecular weight is 434 g/mol. The Balaban J connectivity index is 1.39. The number of para-hydroxylation sites is 2. The van der Waals surface area contributed by atoms with Crippen molar-refractivity contribution in [1.29, 1.82) is 0 Å². The molecule has 0 radical (unpaired) electrons. The van der Waals surface area contributed by atoms with E-state index in [9.17, 15) is 4.79 Å². The van der Waals surface area contributed by atoms with Crippen LogP contribution < -0.4 is 5.32 Å². The van der Waals surface area contributed by atoms with Gasteiger partial charge in [0.2, 0.25) is 5.91 Å². The molecule has 0 saturated heterocycles. The van der Waals surface area contributed by atoms with E-state index < -0.39 is 0 Å². The number of nitrogens with one attached hydrogen (secondary N) is 1. The van der Waals surface area contributed by atoms with Gasteiger partial charge in [-0.1, -0.05) is 87.9 Å². The highest BCUT2D eigenvalue weighted by atomic mass is 16.1. The van der Waals surface area contributed by atoms with Gasteiger partial charge in [-0.2, -0.15) is 0 Å². The molecule has 0 saturated carbocycles. The second-order valence-corrected chi connectivity index (χ2v) is 8.76. The molecule has 2 aromatic carbocycles. The fourth-order valence-corrected chi connectivity index (χ4v) is 4.27. The lowest BCUT2D eigenvalue weighted by Gasteiger charge is -2.10. The van der Waals surface area contributed by atoms with Crippen LogP contribution in [0.15, 0.2) is 54.6 Å². The number of aromatic nitrogens is 2. The van der Waals surface area contributed by atoms with Crippen molar-refractivity contribution in [2.75, 3.05) is 6.54 Å². The summed E-state index contributed by atoms with van der Waals surface area (Å²) in [5, 5.41) is 3.05. The summed E-state index contributed by atoms with van der Waals surface area (Å²) in [6, 6.07) is 18.4. The Morgan fingerprint density at radius 1 is 0.844 bits per heavy atom. The normalized spacial score (nSPS) is 11.2. The number of unbranched alkanes of at least 4 members (excludes halogenated alkanes) is 7. The molecule has 0 spiro atoms. The van der Waals surface area contributed by atoms with E-state index in [2.05, 4.69) is 41.1 Å². The van der Waals surface area contributed by atoms with Crippen LogP contribution in [0.4, 0.5) is 0 Å². The van der Waals surface area contributed by atoms with E-state index in [1.165, 1.54) is 49.9 Å². The first kappa shape index (κ1) is 24.0. The minimum absolute atomic E-state index is 0.108. The Bertz CT molecular complexity index is 932. The predicted molar refractivity (Wildman–Crippen MR) is 134 cm³/mol. The van der Waals surface area contributed by atoms with Crippen molar-refractivity contribution < 1.29 is 4.79 Å². The summed E-state index contributed by atoms with van der Waals surface area (Å²) in [6.07, 6.45) is 12.6. The maximum absolute atomic E-state index is 12.1. The Hall–Kier alpha value is -2.62. The molecular weight excluding hydrogens is 394 g/mol. The second-order valence-electron chi connectivity index (χ2n) is 8.76. The summed E-state index contributed by atoms with van der Waals surface area (Å²) >= 11 is 0. The summed E-state index contributed by atoms with van der Waals surface area (Å²) in [4.78, 5) is 17.0. The highest BCUT2D eigenvalue weighted by Gasteiger charge is 2.10. The number of hydrogen-bond acceptors (Lipinski definition) is 2. The van der Waals surface area contributed by atoms with Crippen LogP contribution in [0, 0.1) is 0 Å². The molecule has 0 aliphatic heterocycles. The van der Waals surface area contributed by atoms with Gasteiger partial charge in [-0.3, -0.25) is 4.79 Å². The molecule has 4 heteroatoms. The van der Waals surface area contributed by atoms with Crippen molar-refractivity contribution >= 4 is 16.9 Å². The Morgan fingerprint density at radius 2 is 1.56 bits per heavy atom. The van der Waals surface area contributed by atoms with Crippen LogP contribution in [-0.2, 0) is 24.2 Å². The van der Waals surface area contributed by atoms with Crippen LogP contribution in [0.3, 0.4) is 0 Å². The van der Waals surface area contributed by atoms with Gasteiger partial charge < -0.3 is 9.88 Å². The zero-order valence-corrected chi connectivity index (χ0v) is 19.7. The van der Waals surface area contributed by atoms with Crippen molar-refractivity contribution in [3.63, 3.8) is 0 Å². The smallest absolute Gasteiger partial charge is 0.224 e. The quantitative estimate of drug-likeness (QED) is 0.279. The molecule has 0 unspecified atom stereocenters. The third-order valence-corrected chi connectivity index (χ3v) is 6.08. The molecule has 172 valence electrons. The Morgan fingerprint density at radius 3 is 2.41 bits per heavy atom. The van der Waals surface area contributed by atoms with Crippen LogP contribution in [-0.4, -0.2) is 22.0 Å². The monoisotopic (exact) mass is 433 g/mol. The number of nitrogens with zero attached hydrogens (tertiary/aromatic N) is 2. The first-order chi connectivity index (χ1) is 15.8. The SMILES string of the molecule is CCCCCCCCn1c(CCCCCNC(=O)Cc2ccccc2)nc2ccccc21. The third-order valence-electron chi connectivity index (χ3n) is 6.08. The lowest BCUT2D eigenvalue weighted by molar-refractivity contribution is -0.120. The van der Waals surface area contributed by atoms with Gasteiger partial charge in [-0.25, -0.2) is 4.98 Å². The van der Waals surface area contributed by atoms with Gasteiger partial charge in [-0.05, 0) is 37.0 Å². The van der Waals surface area contributed by atoms with Gasteiger partial charge in [-0.15, -0.1) is 0 Å². The Kier molecular flexibility index (Phi) is 10.3. The lowest BCUT2D eigenvalue weighted by atomic mass is 10.1. The molecule has 0 atom stereocenters. The van der Waals surface area contributed by atoms with Crippen LogP contribution in [0.25, 0.3) is 11.0 Å². The zero-order chi connectivity index (χ0) is 22.4. The van der Waals surface area contributed by atoms with Gasteiger partial charge in [0.05, 0.1) is 17.5 Å². The first-order valence-corrected chi connectivity index (χ1v) is 12.5. The molecule has 1 amide bonds.